The third-order valence-electron chi connectivity index (χ3n) is 4.41. The van der Waals surface area contributed by atoms with E-state index in [1.165, 1.54) is 6.42 Å². The van der Waals surface area contributed by atoms with Gasteiger partial charge in [-0.25, -0.2) is 4.79 Å². The average Bonchev–Trinajstić information content (AvgIpc) is 2.50. The summed E-state index contributed by atoms with van der Waals surface area (Å²) >= 11 is 3.44. The van der Waals surface area contributed by atoms with E-state index < -0.39 is 5.54 Å². The Bertz CT molecular complexity index is 474. The first-order valence-corrected chi connectivity index (χ1v) is 8.62. The number of benzene rings is 1. The van der Waals surface area contributed by atoms with Crippen molar-refractivity contribution in [1.82, 2.24) is 0 Å². The summed E-state index contributed by atoms with van der Waals surface area (Å²) in [6.07, 6.45) is 5.18. The maximum atomic E-state index is 12.7. The quantitative estimate of drug-likeness (QED) is 0.775. The van der Waals surface area contributed by atoms with Crippen molar-refractivity contribution in [3.05, 3.63) is 28.7 Å². The Labute approximate surface area is 135 Å². The molecule has 2 rings (SSSR count). The van der Waals surface area contributed by atoms with Crippen LogP contribution in [-0.4, -0.2) is 18.1 Å². The first-order chi connectivity index (χ1) is 10.1. The highest BCUT2D eigenvalue weighted by molar-refractivity contribution is 9.10. The van der Waals surface area contributed by atoms with Gasteiger partial charge in [0.05, 0.1) is 6.61 Å². The van der Waals surface area contributed by atoms with Crippen LogP contribution in [0.2, 0.25) is 0 Å². The molecule has 1 saturated carbocycles. The van der Waals surface area contributed by atoms with Gasteiger partial charge in [-0.05, 0) is 49.9 Å². The lowest BCUT2D eigenvalue weighted by Gasteiger charge is -2.43. The molecular weight excluding hydrogens is 330 g/mol. The van der Waals surface area contributed by atoms with Crippen molar-refractivity contribution < 1.29 is 9.53 Å². The van der Waals surface area contributed by atoms with E-state index in [2.05, 4.69) is 28.2 Å². The van der Waals surface area contributed by atoms with E-state index in [1.807, 2.05) is 31.2 Å². The number of ether oxygens (including phenoxy) is 1. The molecule has 0 bridgehead atoms. The molecule has 0 aromatic heterocycles. The maximum Gasteiger partial charge on any atom is 0.332 e. The molecule has 2 atom stereocenters. The Kier molecular flexibility index (Phi) is 5.68. The summed E-state index contributed by atoms with van der Waals surface area (Å²) in [4.78, 5) is 12.7. The third kappa shape index (κ3) is 3.60. The monoisotopic (exact) mass is 353 g/mol. The lowest BCUT2D eigenvalue weighted by atomic mass is 9.71. The van der Waals surface area contributed by atoms with E-state index >= 15 is 0 Å². The standard InChI is InChI=1S/C17H24BrNO2/c1-3-13-7-5-6-12-17(13,16(20)21-4-2)19-15-10-8-14(18)9-11-15/h8-11,13,19H,3-7,12H2,1-2H3. The van der Waals surface area contributed by atoms with Crippen molar-refractivity contribution in [3.8, 4) is 0 Å². The highest BCUT2D eigenvalue weighted by Crippen LogP contribution is 2.39. The van der Waals surface area contributed by atoms with Crippen LogP contribution in [0.15, 0.2) is 28.7 Å². The Morgan fingerprint density at radius 1 is 1.33 bits per heavy atom. The highest BCUT2D eigenvalue weighted by atomic mass is 79.9. The first kappa shape index (κ1) is 16.3. The van der Waals surface area contributed by atoms with Gasteiger partial charge in [0.15, 0.2) is 0 Å². The molecule has 116 valence electrons. The summed E-state index contributed by atoms with van der Waals surface area (Å²) in [5.41, 5.74) is 0.406. The van der Waals surface area contributed by atoms with Gasteiger partial charge in [0.25, 0.3) is 0 Å². The zero-order chi connectivity index (χ0) is 15.3. The molecule has 21 heavy (non-hydrogen) atoms. The number of anilines is 1. The molecule has 1 aromatic carbocycles. The van der Waals surface area contributed by atoms with Gasteiger partial charge in [0, 0.05) is 10.2 Å². The topological polar surface area (TPSA) is 38.3 Å². The fourth-order valence-corrected chi connectivity index (χ4v) is 3.60. The van der Waals surface area contributed by atoms with Crippen LogP contribution >= 0.6 is 15.9 Å². The fourth-order valence-electron chi connectivity index (χ4n) is 3.33. The molecule has 3 nitrogen and oxygen atoms in total. The summed E-state index contributed by atoms with van der Waals surface area (Å²) in [6.45, 7) is 4.46. The third-order valence-corrected chi connectivity index (χ3v) is 4.94. The van der Waals surface area contributed by atoms with E-state index in [1.54, 1.807) is 0 Å². The molecule has 0 aliphatic heterocycles. The Morgan fingerprint density at radius 3 is 2.67 bits per heavy atom. The summed E-state index contributed by atoms with van der Waals surface area (Å²) < 4.78 is 6.44. The van der Waals surface area contributed by atoms with E-state index in [9.17, 15) is 4.79 Å². The van der Waals surface area contributed by atoms with Crippen LogP contribution in [-0.2, 0) is 9.53 Å². The van der Waals surface area contributed by atoms with Crippen molar-refractivity contribution in [3.63, 3.8) is 0 Å². The van der Waals surface area contributed by atoms with Gasteiger partial charge in [-0.2, -0.15) is 0 Å². The molecule has 0 heterocycles. The molecule has 0 radical (unpaired) electrons. The van der Waals surface area contributed by atoms with E-state index in [-0.39, 0.29) is 5.97 Å². The molecule has 1 aliphatic rings. The summed E-state index contributed by atoms with van der Waals surface area (Å²) in [5, 5.41) is 3.51. The Morgan fingerprint density at radius 2 is 2.05 bits per heavy atom. The van der Waals surface area contributed by atoms with Gasteiger partial charge < -0.3 is 10.1 Å². The normalized spacial score (nSPS) is 25.4. The zero-order valence-corrected chi connectivity index (χ0v) is 14.4. The number of carbonyl (C=O) groups is 1. The second-order valence-corrected chi connectivity index (χ2v) is 6.59. The average molecular weight is 354 g/mol. The molecule has 1 fully saturated rings. The smallest absolute Gasteiger partial charge is 0.332 e. The van der Waals surface area contributed by atoms with Crippen LogP contribution < -0.4 is 5.32 Å². The van der Waals surface area contributed by atoms with Gasteiger partial charge in [0.2, 0.25) is 0 Å². The minimum absolute atomic E-state index is 0.0977. The van der Waals surface area contributed by atoms with Crippen molar-refractivity contribution in [2.24, 2.45) is 5.92 Å². The molecule has 1 N–H and O–H groups in total. The van der Waals surface area contributed by atoms with Crippen LogP contribution in [0.25, 0.3) is 0 Å². The second kappa shape index (κ2) is 7.30. The van der Waals surface area contributed by atoms with Crippen molar-refractivity contribution in [2.75, 3.05) is 11.9 Å². The SMILES string of the molecule is CCOC(=O)C1(Nc2ccc(Br)cc2)CCCCC1CC. The second-order valence-electron chi connectivity index (χ2n) is 5.67. The van der Waals surface area contributed by atoms with Gasteiger partial charge in [-0.15, -0.1) is 0 Å². The largest absolute Gasteiger partial charge is 0.464 e. The van der Waals surface area contributed by atoms with Gasteiger partial charge in [-0.3, -0.25) is 0 Å². The van der Waals surface area contributed by atoms with E-state index in [0.29, 0.717) is 12.5 Å². The molecule has 0 amide bonds. The van der Waals surface area contributed by atoms with Crippen molar-refractivity contribution in [1.29, 1.82) is 0 Å². The highest BCUT2D eigenvalue weighted by Gasteiger charge is 2.47. The number of rotatable bonds is 5. The van der Waals surface area contributed by atoms with Crippen LogP contribution in [0.1, 0.15) is 46.0 Å². The lowest BCUT2D eigenvalue weighted by molar-refractivity contribution is -0.152. The molecular formula is C17H24BrNO2. The summed E-state index contributed by atoms with van der Waals surface area (Å²) in [5.74, 6) is 0.230. The molecule has 2 unspecified atom stereocenters. The predicted octanol–water partition coefficient (Wildman–Crippen LogP) is 4.76. The van der Waals surface area contributed by atoms with Crippen LogP contribution in [0.3, 0.4) is 0 Å². The maximum absolute atomic E-state index is 12.7. The van der Waals surface area contributed by atoms with Crippen LogP contribution in [0, 0.1) is 5.92 Å². The zero-order valence-electron chi connectivity index (χ0n) is 12.8. The molecule has 0 spiro atoms. The van der Waals surface area contributed by atoms with E-state index in [4.69, 9.17) is 4.74 Å². The van der Waals surface area contributed by atoms with Crippen molar-refractivity contribution >= 4 is 27.6 Å². The van der Waals surface area contributed by atoms with Gasteiger partial charge >= 0.3 is 5.97 Å². The molecule has 4 heteroatoms. The number of hydrogen-bond donors (Lipinski definition) is 1. The van der Waals surface area contributed by atoms with Crippen LogP contribution in [0.5, 0.6) is 0 Å². The van der Waals surface area contributed by atoms with Gasteiger partial charge in [0.1, 0.15) is 5.54 Å². The predicted molar refractivity (Wildman–Crippen MR) is 89.4 cm³/mol. The fraction of sp³-hybridized carbons (Fsp3) is 0.588. The first-order valence-electron chi connectivity index (χ1n) is 7.83. The number of hydrogen-bond acceptors (Lipinski definition) is 3. The Hall–Kier alpha value is -1.03. The van der Waals surface area contributed by atoms with Crippen LogP contribution in [0.4, 0.5) is 5.69 Å². The minimum atomic E-state index is -0.573. The lowest BCUT2D eigenvalue weighted by Crippen LogP contribution is -2.55. The number of nitrogens with one attached hydrogen (secondary N) is 1. The number of esters is 1. The molecule has 1 aromatic rings. The molecule has 1 aliphatic carbocycles. The number of halogens is 1. The van der Waals surface area contributed by atoms with E-state index in [0.717, 1.165) is 35.8 Å². The minimum Gasteiger partial charge on any atom is -0.464 e. The summed E-state index contributed by atoms with van der Waals surface area (Å²) in [6, 6.07) is 7.99. The van der Waals surface area contributed by atoms with Crippen molar-refractivity contribution in [2.45, 2.75) is 51.5 Å². The molecule has 0 saturated heterocycles. The van der Waals surface area contributed by atoms with Gasteiger partial charge in [-0.1, -0.05) is 42.1 Å². The number of carbonyl (C=O) groups excluding carboxylic acids is 1. The Balaban J connectivity index is 2.30. The summed E-state index contributed by atoms with van der Waals surface area (Å²) in [7, 11) is 0.